The zero-order chi connectivity index (χ0) is 11.5. The molecule has 0 N–H and O–H groups in total. The average Bonchev–Trinajstić information content (AvgIpc) is 2.29. The number of hydrogen-bond donors (Lipinski definition) is 0. The number of hydrogen-bond acceptors (Lipinski definition) is 2. The molecule has 0 atom stereocenters. The van der Waals surface area contributed by atoms with E-state index < -0.39 is 0 Å². The molecule has 2 aromatic rings. The topological polar surface area (TPSA) is 36.7 Å². The molecule has 0 spiro atoms. The predicted molar refractivity (Wildman–Crippen MR) is 64.1 cm³/mol. The van der Waals surface area contributed by atoms with Gasteiger partial charge >= 0.3 is 0 Å². The number of nitrogens with zero attached hydrogens (tertiary/aromatic N) is 2. The van der Waals surface area contributed by atoms with E-state index in [1.165, 1.54) is 0 Å². The molecule has 0 saturated carbocycles. The maximum Gasteiger partial charge on any atom is 0.101 e. The Morgan fingerprint density at radius 3 is 2.56 bits per heavy atom. The first-order chi connectivity index (χ1) is 7.72. The maximum absolute atomic E-state index is 8.82. The summed E-state index contributed by atoms with van der Waals surface area (Å²) in [6.07, 6.45) is 0. The van der Waals surface area contributed by atoms with E-state index in [-0.39, 0.29) is 0 Å². The van der Waals surface area contributed by atoms with Gasteiger partial charge in [-0.1, -0.05) is 29.8 Å². The van der Waals surface area contributed by atoms with Gasteiger partial charge in [-0.15, -0.1) is 0 Å². The van der Waals surface area contributed by atoms with Crippen LogP contribution in [0, 0.1) is 18.3 Å². The Morgan fingerprint density at radius 1 is 1.19 bits per heavy atom. The van der Waals surface area contributed by atoms with Crippen LogP contribution < -0.4 is 0 Å². The van der Waals surface area contributed by atoms with Crippen LogP contribution in [0.2, 0.25) is 5.02 Å². The molecule has 1 aromatic heterocycles. The molecule has 0 amide bonds. The summed E-state index contributed by atoms with van der Waals surface area (Å²) in [5.74, 6) is 0. The minimum Gasteiger partial charge on any atom is -0.252 e. The first-order valence-electron chi connectivity index (χ1n) is 4.85. The summed E-state index contributed by atoms with van der Waals surface area (Å²) < 4.78 is 0. The number of benzene rings is 1. The fourth-order valence-electron chi connectivity index (χ4n) is 1.50. The van der Waals surface area contributed by atoms with Crippen LogP contribution in [-0.2, 0) is 0 Å². The third-order valence-corrected chi connectivity index (χ3v) is 2.69. The summed E-state index contributed by atoms with van der Waals surface area (Å²) in [6, 6.07) is 13.2. The predicted octanol–water partition coefficient (Wildman–Crippen LogP) is 3.58. The zero-order valence-corrected chi connectivity index (χ0v) is 9.49. The summed E-state index contributed by atoms with van der Waals surface area (Å²) in [6.45, 7) is 1.82. The molecule has 1 heterocycles. The molecular formula is C13H9ClN2. The fourth-order valence-corrected chi connectivity index (χ4v) is 1.73. The zero-order valence-electron chi connectivity index (χ0n) is 8.74. The molecule has 16 heavy (non-hydrogen) atoms. The van der Waals surface area contributed by atoms with Crippen LogP contribution in [0.1, 0.15) is 11.3 Å². The van der Waals surface area contributed by atoms with Crippen molar-refractivity contribution < 1.29 is 0 Å². The van der Waals surface area contributed by atoms with Gasteiger partial charge in [-0.25, -0.2) is 0 Å². The third-order valence-electron chi connectivity index (χ3n) is 2.36. The Bertz CT molecular complexity index is 570. The summed E-state index contributed by atoms with van der Waals surface area (Å²) >= 11 is 6.08. The smallest absolute Gasteiger partial charge is 0.101 e. The van der Waals surface area contributed by atoms with Gasteiger partial charge in [0, 0.05) is 10.6 Å². The molecule has 0 aliphatic rings. The molecule has 0 aliphatic carbocycles. The maximum atomic E-state index is 8.82. The molecule has 0 radical (unpaired) electrons. The largest absolute Gasteiger partial charge is 0.252 e. The standard InChI is InChI=1S/C13H9ClN2/c1-9-10(8-15)6-7-13(16-9)11-4-2-3-5-12(11)14/h2-7H,1H3. The van der Waals surface area contributed by atoms with Crippen LogP contribution in [-0.4, -0.2) is 4.98 Å². The Kier molecular flexibility index (Phi) is 2.89. The Labute approximate surface area is 99.1 Å². The minimum atomic E-state index is 0.593. The van der Waals surface area contributed by atoms with Crippen molar-refractivity contribution in [3.05, 3.63) is 52.7 Å². The van der Waals surface area contributed by atoms with Crippen molar-refractivity contribution in [3.63, 3.8) is 0 Å². The lowest BCUT2D eigenvalue weighted by Gasteiger charge is -2.05. The highest BCUT2D eigenvalue weighted by molar-refractivity contribution is 6.33. The summed E-state index contributed by atoms with van der Waals surface area (Å²) in [5.41, 5.74) is 2.99. The number of rotatable bonds is 1. The van der Waals surface area contributed by atoms with E-state index in [2.05, 4.69) is 11.1 Å². The van der Waals surface area contributed by atoms with E-state index in [1.54, 1.807) is 6.07 Å². The number of aromatic nitrogens is 1. The van der Waals surface area contributed by atoms with Crippen LogP contribution in [0.3, 0.4) is 0 Å². The van der Waals surface area contributed by atoms with E-state index in [1.807, 2.05) is 37.3 Å². The van der Waals surface area contributed by atoms with E-state index in [9.17, 15) is 0 Å². The quantitative estimate of drug-likeness (QED) is 0.748. The van der Waals surface area contributed by atoms with Crippen LogP contribution in [0.15, 0.2) is 36.4 Å². The molecule has 1 aromatic carbocycles. The highest BCUT2D eigenvalue weighted by atomic mass is 35.5. The van der Waals surface area contributed by atoms with Gasteiger partial charge in [0.2, 0.25) is 0 Å². The summed E-state index contributed by atoms with van der Waals surface area (Å²) in [4.78, 5) is 4.37. The molecule has 78 valence electrons. The molecule has 0 aliphatic heterocycles. The first kappa shape index (κ1) is 10.7. The van der Waals surface area contributed by atoms with Gasteiger partial charge in [-0.3, -0.25) is 4.98 Å². The lowest BCUT2D eigenvalue weighted by atomic mass is 10.1. The molecule has 0 fully saturated rings. The SMILES string of the molecule is Cc1nc(-c2ccccc2Cl)ccc1C#N. The van der Waals surface area contributed by atoms with Crippen molar-refractivity contribution in [2.45, 2.75) is 6.92 Å². The Morgan fingerprint density at radius 2 is 1.94 bits per heavy atom. The van der Waals surface area contributed by atoms with Crippen molar-refractivity contribution >= 4 is 11.6 Å². The number of nitriles is 1. The number of halogens is 1. The van der Waals surface area contributed by atoms with Crippen molar-refractivity contribution in [2.24, 2.45) is 0 Å². The van der Waals surface area contributed by atoms with E-state index in [4.69, 9.17) is 16.9 Å². The van der Waals surface area contributed by atoms with Gasteiger partial charge in [0.25, 0.3) is 0 Å². The second-order valence-electron chi connectivity index (χ2n) is 3.42. The molecule has 2 nitrogen and oxygen atoms in total. The van der Waals surface area contributed by atoms with Crippen molar-refractivity contribution in [2.75, 3.05) is 0 Å². The van der Waals surface area contributed by atoms with Gasteiger partial charge in [-0.05, 0) is 25.1 Å². The fraction of sp³-hybridized carbons (Fsp3) is 0.0769. The van der Waals surface area contributed by atoms with E-state index in [0.29, 0.717) is 10.6 Å². The second kappa shape index (κ2) is 4.34. The van der Waals surface area contributed by atoms with Gasteiger partial charge in [-0.2, -0.15) is 5.26 Å². The lowest BCUT2D eigenvalue weighted by Crippen LogP contribution is -1.91. The summed E-state index contributed by atoms with van der Waals surface area (Å²) in [7, 11) is 0. The average molecular weight is 229 g/mol. The Hall–Kier alpha value is -1.85. The lowest BCUT2D eigenvalue weighted by molar-refractivity contribution is 1.18. The monoisotopic (exact) mass is 228 g/mol. The molecule has 0 bridgehead atoms. The molecule has 0 unspecified atom stereocenters. The van der Waals surface area contributed by atoms with Gasteiger partial charge in [0.15, 0.2) is 0 Å². The van der Waals surface area contributed by atoms with E-state index in [0.717, 1.165) is 17.0 Å². The highest BCUT2D eigenvalue weighted by Crippen LogP contribution is 2.26. The van der Waals surface area contributed by atoms with Crippen molar-refractivity contribution in [1.82, 2.24) is 4.98 Å². The second-order valence-corrected chi connectivity index (χ2v) is 3.83. The highest BCUT2D eigenvalue weighted by Gasteiger charge is 2.06. The molecule has 3 heteroatoms. The molecular weight excluding hydrogens is 220 g/mol. The van der Waals surface area contributed by atoms with Gasteiger partial charge in [0.1, 0.15) is 6.07 Å². The van der Waals surface area contributed by atoms with Gasteiger partial charge in [0.05, 0.1) is 17.0 Å². The molecule has 0 saturated heterocycles. The van der Waals surface area contributed by atoms with Crippen LogP contribution >= 0.6 is 11.6 Å². The third kappa shape index (κ3) is 1.91. The van der Waals surface area contributed by atoms with E-state index >= 15 is 0 Å². The van der Waals surface area contributed by atoms with Crippen molar-refractivity contribution in [1.29, 1.82) is 5.26 Å². The normalized spacial score (nSPS) is 9.81. The van der Waals surface area contributed by atoms with Crippen LogP contribution in [0.4, 0.5) is 0 Å². The number of pyridine rings is 1. The van der Waals surface area contributed by atoms with Crippen LogP contribution in [0.25, 0.3) is 11.3 Å². The van der Waals surface area contributed by atoms with Crippen LogP contribution in [0.5, 0.6) is 0 Å². The summed E-state index contributed by atoms with van der Waals surface area (Å²) in [5, 5.41) is 9.48. The van der Waals surface area contributed by atoms with Crippen molar-refractivity contribution in [3.8, 4) is 17.3 Å². The first-order valence-corrected chi connectivity index (χ1v) is 5.23. The number of aryl methyl sites for hydroxylation is 1. The Balaban J connectivity index is 2.55. The van der Waals surface area contributed by atoms with Gasteiger partial charge < -0.3 is 0 Å². The molecule has 2 rings (SSSR count). The minimum absolute atomic E-state index is 0.593.